The zero-order valence-electron chi connectivity index (χ0n) is 9.02. The van der Waals surface area contributed by atoms with Crippen LogP contribution in [0.5, 0.6) is 0 Å². The molecule has 3 nitrogen and oxygen atoms in total. The molecule has 1 aromatic carbocycles. The first-order valence-electron chi connectivity index (χ1n) is 5.13. The normalized spacial score (nSPS) is 9.65. The summed E-state index contributed by atoms with van der Waals surface area (Å²) in [5.74, 6) is 0. The van der Waals surface area contributed by atoms with Gasteiger partial charge in [-0.2, -0.15) is 5.26 Å². The summed E-state index contributed by atoms with van der Waals surface area (Å²) in [6.45, 7) is 0.618. The van der Waals surface area contributed by atoms with Crippen LogP contribution in [0.1, 0.15) is 11.3 Å². The summed E-state index contributed by atoms with van der Waals surface area (Å²) >= 11 is 5.85. The largest absolute Gasteiger partial charge is 0.379 e. The molecule has 0 radical (unpaired) electrons. The van der Waals surface area contributed by atoms with Crippen molar-refractivity contribution >= 4 is 17.3 Å². The number of nitrogens with zero attached hydrogens (tertiary/aromatic N) is 2. The second kappa shape index (κ2) is 5.33. The Hall–Kier alpha value is -2.05. The molecule has 1 aromatic heterocycles. The molecule has 0 fully saturated rings. The number of nitrogens with one attached hydrogen (secondary N) is 1. The molecule has 2 aromatic rings. The minimum atomic E-state index is 0.468. The molecule has 1 heterocycles. The van der Waals surface area contributed by atoms with Crippen LogP contribution in [0.2, 0.25) is 5.02 Å². The third-order valence-electron chi connectivity index (χ3n) is 2.29. The fourth-order valence-electron chi connectivity index (χ4n) is 1.42. The van der Waals surface area contributed by atoms with Crippen LogP contribution in [0.15, 0.2) is 42.6 Å². The number of benzene rings is 1. The monoisotopic (exact) mass is 243 g/mol. The second-order valence-corrected chi connectivity index (χ2v) is 3.89. The molecule has 0 bridgehead atoms. The van der Waals surface area contributed by atoms with Crippen molar-refractivity contribution in [1.29, 1.82) is 5.26 Å². The third-order valence-corrected chi connectivity index (χ3v) is 2.62. The van der Waals surface area contributed by atoms with Crippen molar-refractivity contribution in [3.05, 3.63) is 58.9 Å². The van der Waals surface area contributed by atoms with Crippen LogP contribution < -0.4 is 5.32 Å². The van der Waals surface area contributed by atoms with Gasteiger partial charge in [-0.3, -0.25) is 4.98 Å². The maximum absolute atomic E-state index is 8.85. The minimum absolute atomic E-state index is 0.468. The fourth-order valence-corrected chi connectivity index (χ4v) is 1.58. The maximum atomic E-state index is 8.85. The van der Waals surface area contributed by atoms with E-state index in [0.717, 1.165) is 11.4 Å². The minimum Gasteiger partial charge on any atom is -0.379 e. The lowest BCUT2D eigenvalue weighted by atomic mass is 10.2. The summed E-state index contributed by atoms with van der Waals surface area (Å²) in [6.07, 6.45) is 1.75. The Morgan fingerprint density at radius 1 is 1.29 bits per heavy atom. The Balaban J connectivity index is 2.08. The van der Waals surface area contributed by atoms with Gasteiger partial charge >= 0.3 is 0 Å². The van der Waals surface area contributed by atoms with Gasteiger partial charge in [0, 0.05) is 11.9 Å². The van der Waals surface area contributed by atoms with Gasteiger partial charge in [-0.05, 0) is 30.3 Å². The van der Waals surface area contributed by atoms with Gasteiger partial charge in [0.05, 0.1) is 22.8 Å². The van der Waals surface area contributed by atoms with Gasteiger partial charge in [-0.25, -0.2) is 0 Å². The van der Waals surface area contributed by atoms with E-state index in [1.165, 1.54) is 0 Å². The fraction of sp³-hybridized carbons (Fsp3) is 0.0769. The highest BCUT2D eigenvalue weighted by molar-refractivity contribution is 6.31. The summed E-state index contributed by atoms with van der Waals surface area (Å²) in [5, 5.41) is 12.5. The molecule has 1 N–H and O–H groups in total. The van der Waals surface area contributed by atoms with E-state index in [0.29, 0.717) is 17.1 Å². The Kier molecular flexibility index (Phi) is 3.59. The van der Waals surface area contributed by atoms with Crippen LogP contribution in [0, 0.1) is 11.3 Å². The summed E-state index contributed by atoms with van der Waals surface area (Å²) < 4.78 is 0. The Morgan fingerprint density at radius 3 is 2.88 bits per heavy atom. The predicted octanol–water partition coefficient (Wildman–Crippen LogP) is 3.22. The SMILES string of the molecule is N#Cc1cc(NCc2ccccn2)ccc1Cl. The number of halogens is 1. The molecule has 17 heavy (non-hydrogen) atoms. The molecule has 0 aliphatic carbocycles. The average molecular weight is 244 g/mol. The van der Waals surface area contributed by atoms with Crippen molar-refractivity contribution < 1.29 is 0 Å². The topological polar surface area (TPSA) is 48.7 Å². The lowest BCUT2D eigenvalue weighted by Crippen LogP contribution is -2.01. The number of pyridine rings is 1. The van der Waals surface area contributed by atoms with E-state index in [4.69, 9.17) is 16.9 Å². The molecule has 0 saturated carbocycles. The van der Waals surface area contributed by atoms with Gasteiger partial charge in [0.2, 0.25) is 0 Å². The summed E-state index contributed by atoms with van der Waals surface area (Å²) in [6, 6.07) is 13.1. The summed E-state index contributed by atoms with van der Waals surface area (Å²) in [4.78, 5) is 4.20. The number of aromatic nitrogens is 1. The number of nitriles is 1. The molecule has 0 saturated heterocycles. The van der Waals surface area contributed by atoms with Crippen molar-refractivity contribution in [2.75, 3.05) is 5.32 Å². The van der Waals surface area contributed by atoms with Crippen molar-refractivity contribution in [1.82, 2.24) is 4.98 Å². The van der Waals surface area contributed by atoms with Crippen LogP contribution >= 0.6 is 11.6 Å². The molecule has 0 atom stereocenters. The first-order chi connectivity index (χ1) is 8.29. The summed E-state index contributed by atoms with van der Waals surface area (Å²) in [5.41, 5.74) is 2.27. The van der Waals surface area contributed by atoms with Gasteiger partial charge in [0.25, 0.3) is 0 Å². The van der Waals surface area contributed by atoms with Gasteiger partial charge in [0.1, 0.15) is 6.07 Å². The van der Waals surface area contributed by atoms with Crippen molar-refractivity contribution in [2.24, 2.45) is 0 Å². The van der Waals surface area contributed by atoms with E-state index < -0.39 is 0 Å². The Bertz CT molecular complexity index is 546. The number of rotatable bonds is 3. The molecular weight excluding hydrogens is 234 g/mol. The predicted molar refractivity (Wildman–Crippen MR) is 67.7 cm³/mol. The van der Waals surface area contributed by atoms with Gasteiger partial charge in [-0.15, -0.1) is 0 Å². The van der Waals surface area contributed by atoms with E-state index in [2.05, 4.69) is 10.3 Å². The van der Waals surface area contributed by atoms with E-state index in [-0.39, 0.29) is 0 Å². The van der Waals surface area contributed by atoms with Crippen LogP contribution in [0.4, 0.5) is 5.69 Å². The van der Waals surface area contributed by atoms with E-state index >= 15 is 0 Å². The van der Waals surface area contributed by atoms with Gasteiger partial charge < -0.3 is 5.32 Å². The molecule has 84 valence electrons. The van der Waals surface area contributed by atoms with Crippen LogP contribution in [0.25, 0.3) is 0 Å². The molecule has 0 spiro atoms. The van der Waals surface area contributed by atoms with Crippen LogP contribution in [-0.4, -0.2) is 4.98 Å². The average Bonchev–Trinajstić information content (AvgIpc) is 2.39. The molecule has 0 unspecified atom stereocenters. The lowest BCUT2D eigenvalue weighted by molar-refractivity contribution is 1.05. The first kappa shape index (κ1) is 11.4. The molecule has 0 amide bonds. The standard InChI is InChI=1S/C13H10ClN3/c14-13-5-4-11(7-10(13)8-15)17-9-12-3-1-2-6-16-12/h1-7,17H,9H2. The molecule has 0 aliphatic heterocycles. The van der Waals surface area contributed by atoms with Crippen LogP contribution in [0.3, 0.4) is 0 Å². The molecule has 2 rings (SSSR count). The number of hydrogen-bond donors (Lipinski definition) is 1. The highest BCUT2D eigenvalue weighted by atomic mass is 35.5. The molecule has 4 heteroatoms. The smallest absolute Gasteiger partial charge is 0.101 e. The third kappa shape index (κ3) is 2.96. The van der Waals surface area contributed by atoms with Crippen molar-refractivity contribution in [3.8, 4) is 6.07 Å². The van der Waals surface area contributed by atoms with Gasteiger partial charge in [-0.1, -0.05) is 17.7 Å². The van der Waals surface area contributed by atoms with E-state index in [1.54, 1.807) is 18.3 Å². The van der Waals surface area contributed by atoms with E-state index in [1.807, 2.05) is 30.3 Å². The quantitative estimate of drug-likeness (QED) is 0.901. The first-order valence-corrected chi connectivity index (χ1v) is 5.51. The van der Waals surface area contributed by atoms with Crippen molar-refractivity contribution in [2.45, 2.75) is 6.54 Å². The summed E-state index contributed by atoms with van der Waals surface area (Å²) in [7, 11) is 0. The Labute approximate surface area is 105 Å². The van der Waals surface area contributed by atoms with Gasteiger partial charge in [0.15, 0.2) is 0 Å². The number of hydrogen-bond acceptors (Lipinski definition) is 3. The second-order valence-electron chi connectivity index (χ2n) is 3.48. The van der Waals surface area contributed by atoms with Crippen molar-refractivity contribution in [3.63, 3.8) is 0 Å². The maximum Gasteiger partial charge on any atom is 0.101 e. The molecule has 0 aliphatic rings. The zero-order valence-corrected chi connectivity index (χ0v) is 9.78. The highest BCUT2D eigenvalue weighted by Gasteiger charge is 2.01. The van der Waals surface area contributed by atoms with Crippen LogP contribution in [-0.2, 0) is 6.54 Å². The lowest BCUT2D eigenvalue weighted by Gasteiger charge is -2.06. The number of anilines is 1. The zero-order chi connectivity index (χ0) is 12.1. The van der Waals surface area contributed by atoms with E-state index in [9.17, 15) is 0 Å². The Morgan fingerprint density at radius 2 is 2.18 bits per heavy atom. The molecular formula is C13H10ClN3. The highest BCUT2D eigenvalue weighted by Crippen LogP contribution is 2.19.